The second-order valence-corrected chi connectivity index (χ2v) is 4.07. The zero-order chi connectivity index (χ0) is 11.5. The highest BCUT2D eigenvalue weighted by Crippen LogP contribution is 2.30. The smallest absolute Gasteiger partial charge is 0.184 e. The topological polar surface area (TPSA) is 48.7 Å². The predicted molar refractivity (Wildman–Crippen MR) is 61.8 cm³/mol. The third-order valence-corrected chi connectivity index (χ3v) is 3.02. The molecule has 0 unspecified atom stereocenters. The predicted octanol–water partition coefficient (Wildman–Crippen LogP) is 2.86. The van der Waals surface area contributed by atoms with Crippen molar-refractivity contribution < 1.29 is 4.39 Å². The summed E-state index contributed by atoms with van der Waals surface area (Å²) in [6, 6.07) is 8.13. The van der Waals surface area contributed by atoms with E-state index >= 15 is 0 Å². The van der Waals surface area contributed by atoms with E-state index < -0.39 is 0 Å². The Labute approximate surface area is 96.2 Å². The maximum atomic E-state index is 13.1. The van der Waals surface area contributed by atoms with Crippen molar-refractivity contribution in [2.75, 3.05) is 12.4 Å². The Morgan fingerprint density at radius 3 is 2.94 bits per heavy atom. The number of nitrogens with one attached hydrogen (secondary N) is 1. The molecule has 1 heterocycles. The summed E-state index contributed by atoms with van der Waals surface area (Å²) < 4.78 is 13.1. The molecule has 16 heavy (non-hydrogen) atoms. The fraction of sp³-hybridized carbons (Fsp3) is 0.0909. The lowest BCUT2D eigenvalue weighted by Crippen LogP contribution is -1.87. The van der Waals surface area contributed by atoms with Crippen molar-refractivity contribution in [1.29, 1.82) is 5.26 Å². The monoisotopic (exact) mass is 233 g/mol. The van der Waals surface area contributed by atoms with E-state index in [1.54, 1.807) is 19.2 Å². The summed E-state index contributed by atoms with van der Waals surface area (Å²) in [5.74, 6) is -0.333. The lowest BCUT2D eigenvalue weighted by atomic mass is 10.1. The van der Waals surface area contributed by atoms with Gasteiger partial charge >= 0.3 is 0 Å². The van der Waals surface area contributed by atoms with Crippen LogP contribution in [0.5, 0.6) is 0 Å². The molecule has 0 aliphatic heterocycles. The lowest BCUT2D eigenvalue weighted by molar-refractivity contribution is 0.628. The van der Waals surface area contributed by atoms with E-state index in [4.69, 9.17) is 5.26 Å². The molecule has 0 amide bonds. The molecule has 0 saturated heterocycles. The van der Waals surface area contributed by atoms with E-state index in [1.807, 2.05) is 0 Å². The number of hydrogen-bond donors (Lipinski definition) is 1. The van der Waals surface area contributed by atoms with Crippen LogP contribution < -0.4 is 5.32 Å². The van der Waals surface area contributed by atoms with Crippen LogP contribution in [0.3, 0.4) is 0 Å². The molecule has 5 heteroatoms. The van der Waals surface area contributed by atoms with Crippen LogP contribution in [-0.2, 0) is 0 Å². The lowest BCUT2D eigenvalue weighted by Gasteiger charge is -1.97. The summed E-state index contributed by atoms with van der Waals surface area (Å²) in [5, 5.41) is 12.5. The van der Waals surface area contributed by atoms with Crippen LogP contribution in [0.15, 0.2) is 24.3 Å². The van der Waals surface area contributed by atoms with Crippen molar-refractivity contribution in [3.63, 3.8) is 0 Å². The van der Waals surface area contributed by atoms with Gasteiger partial charge in [0.05, 0.1) is 0 Å². The number of nitrogens with zero attached hydrogens (tertiary/aromatic N) is 2. The summed E-state index contributed by atoms with van der Waals surface area (Å²) in [4.78, 5) is 4.71. The maximum Gasteiger partial charge on any atom is 0.184 e. The fourth-order valence-electron chi connectivity index (χ4n) is 1.33. The van der Waals surface area contributed by atoms with E-state index in [-0.39, 0.29) is 5.82 Å². The van der Waals surface area contributed by atoms with Gasteiger partial charge in [0.15, 0.2) is 5.13 Å². The SMILES string of the molecule is CNc1nc(-c2cccc(F)c2)c(C#N)s1. The van der Waals surface area contributed by atoms with E-state index in [0.29, 0.717) is 21.3 Å². The number of aromatic nitrogens is 1. The first-order chi connectivity index (χ1) is 7.74. The van der Waals surface area contributed by atoms with Crippen molar-refractivity contribution in [1.82, 2.24) is 4.98 Å². The van der Waals surface area contributed by atoms with Gasteiger partial charge in [-0.3, -0.25) is 0 Å². The molecule has 0 aliphatic rings. The van der Waals surface area contributed by atoms with Gasteiger partial charge in [-0.2, -0.15) is 5.26 Å². The van der Waals surface area contributed by atoms with Crippen LogP contribution in [0.2, 0.25) is 0 Å². The molecule has 0 saturated carbocycles. The van der Waals surface area contributed by atoms with Crippen LogP contribution >= 0.6 is 11.3 Å². The van der Waals surface area contributed by atoms with Crippen LogP contribution in [-0.4, -0.2) is 12.0 Å². The molecule has 0 aliphatic carbocycles. The van der Waals surface area contributed by atoms with Gasteiger partial charge in [-0.25, -0.2) is 9.37 Å². The molecule has 1 aromatic carbocycles. The minimum atomic E-state index is -0.333. The van der Waals surface area contributed by atoms with Crippen molar-refractivity contribution >= 4 is 16.5 Å². The van der Waals surface area contributed by atoms with E-state index in [2.05, 4.69) is 16.4 Å². The van der Waals surface area contributed by atoms with Gasteiger partial charge in [-0.1, -0.05) is 23.5 Å². The Morgan fingerprint density at radius 2 is 2.31 bits per heavy atom. The molecule has 0 atom stereocenters. The molecule has 0 fully saturated rings. The number of thiazole rings is 1. The van der Waals surface area contributed by atoms with Crippen LogP contribution in [0.25, 0.3) is 11.3 Å². The Kier molecular flexibility index (Phi) is 2.84. The largest absolute Gasteiger partial charge is 0.365 e. The van der Waals surface area contributed by atoms with Crippen LogP contribution in [0, 0.1) is 17.1 Å². The van der Waals surface area contributed by atoms with Gasteiger partial charge < -0.3 is 5.32 Å². The first kappa shape index (κ1) is 10.6. The number of halogens is 1. The minimum absolute atomic E-state index is 0.333. The average molecular weight is 233 g/mol. The van der Waals surface area contributed by atoms with Crippen molar-refractivity contribution in [3.05, 3.63) is 35.0 Å². The minimum Gasteiger partial charge on any atom is -0.365 e. The third kappa shape index (κ3) is 1.88. The van der Waals surface area contributed by atoms with E-state index in [0.717, 1.165) is 0 Å². The van der Waals surface area contributed by atoms with Gasteiger partial charge in [0.25, 0.3) is 0 Å². The Morgan fingerprint density at radius 1 is 1.50 bits per heavy atom. The molecule has 1 aromatic heterocycles. The molecule has 2 aromatic rings. The van der Waals surface area contributed by atoms with Gasteiger partial charge in [-0.15, -0.1) is 0 Å². The molecule has 3 nitrogen and oxygen atoms in total. The van der Waals surface area contributed by atoms with Gasteiger partial charge in [0.1, 0.15) is 22.5 Å². The number of rotatable bonds is 2. The van der Waals surface area contributed by atoms with Gasteiger partial charge in [0.2, 0.25) is 0 Å². The highest BCUT2D eigenvalue weighted by molar-refractivity contribution is 7.16. The van der Waals surface area contributed by atoms with Crippen molar-refractivity contribution in [3.8, 4) is 17.3 Å². The Bertz CT molecular complexity index is 557. The zero-order valence-corrected chi connectivity index (χ0v) is 9.31. The standard InChI is InChI=1S/C11H8FN3S/c1-14-11-15-10(9(6-13)16-11)7-3-2-4-8(12)5-7/h2-5H,1H3,(H,14,15). The van der Waals surface area contributed by atoms with Crippen LogP contribution in [0.1, 0.15) is 4.88 Å². The first-order valence-corrected chi connectivity index (χ1v) is 5.41. The highest BCUT2D eigenvalue weighted by atomic mass is 32.1. The second-order valence-electron chi connectivity index (χ2n) is 3.07. The number of benzene rings is 1. The van der Waals surface area contributed by atoms with Gasteiger partial charge in [-0.05, 0) is 12.1 Å². The molecular weight excluding hydrogens is 225 g/mol. The van der Waals surface area contributed by atoms with Gasteiger partial charge in [0, 0.05) is 12.6 Å². The molecule has 0 bridgehead atoms. The number of nitriles is 1. The number of hydrogen-bond acceptors (Lipinski definition) is 4. The quantitative estimate of drug-likeness (QED) is 0.867. The molecule has 2 rings (SSSR count). The molecular formula is C11H8FN3S. The molecule has 0 radical (unpaired) electrons. The molecule has 0 spiro atoms. The van der Waals surface area contributed by atoms with Crippen molar-refractivity contribution in [2.45, 2.75) is 0 Å². The van der Waals surface area contributed by atoms with E-state index in [9.17, 15) is 4.39 Å². The van der Waals surface area contributed by atoms with E-state index in [1.165, 1.54) is 23.5 Å². The first-order valence-electron chi connectivity index (χ1n) is 4.59. The summed E-state index contributed by atoms with van der Waals surface area (Å²) in [6.07, 6.45) is 0. The normalized spacial score (nSPS) is 9.81. The average Bonchev–Trinajstić information content (AvgIpc) is 2.72. The summed E-state index contributed by atoms with van der Waals surface area (Å²) in [6.45, 7) is 0. The Balaban J connectivity index is 2.55. The summed E-state index contributed by atoms with van der Waals surface area (Å²) in [5.41, 5.74) is 1.14. The maximum absolute atomic E-state index is 13.1. The summed E-state index contributed by atoms with van der Waals surface area (Å²) in [7, 11) is 1.73. The van der Waals surface area contributed by atoms with Crippen LogP contribution in [0.4, 0.5) is 9.52 Å². The summed E-state index contributed by atoms with van der Waals surface area (Å²) >= 11 is 1.25. The Hall–Kier alpha value is -1.93. The highest BCUT2D eigenvalue weighted by Gasteiger charge is 2.12. The molecule has 80 valence electrons. The fourth-order valence-corrected chi connectivity index (χ4v) is 2.07. The zero-order valence-electron chi connectivity index (χ0n) is 8.49. The second kappa shape index (κ2) is 4.29. The van der Waals surface area contributed by atoms with Crippen molar-refractivity contribution in [2.24, 2.45) is 0 Å². The third-order valence-electron chi connectivity index (χ3n) is 2.04. The number of anilines is 1. The molecule has 1 N–H and O–H groups in total.